The summed E-state index contributed by atoms with van der Waals surface area (Å²) in [4.78, 5) is 0. The third-order valence-corrected chi connectivity index (χ3v) is 4.48. The van der Waals surface area contributed by atoms with E-state index in [2.05, 4.69) is 56.0 Å². The second-order valence-corrected chi connectivity index (χ2v) is 6.85. The van der Waals surface area contributed by atoms with E-state index in [0.717, 1.165) is 12.5 Å². The molecule has 0 spiro atoms. The number of aromatic nitrogens is 1. The molecule has 0 bridgehead atoms. The Kier molecular flexibility index (Phi) is 4.16. The first-order chi connectivity index (χ1) is 8.48. The molecule has 1 heterocycles. The van der Waals surface area contributed by atoms with Gasteiger partial charge in [0, 0.05) is 31.5 Å². The summed E-state index contributed by atoms with van der Waals surface area (Å²) in [5.41, 5.74) is 1.81. The average molecular weight is 248 g/mol. The molecule has 2 unspecified atom stereocenters. The molecule has 0 amide bonds. The number of hydrogen-bond acceptors (Lipinski definition) is 1. The maximum Gasteiger partial charge on any atom is 0.0361 e. The van der Waals surface area contributed by atoms with Crippen molar-refractivity contribution in [3.63, 3.8) is 0 Å². The van der Waals surface area contributed by atoms with E-state index in [-0.39, 0.29) is 0 Å². The van der Waals surface area contributed by atoms with E-state index in [1.807, 2.05) is 0 Å². The zero-order chi connectivity index (χ0) is 13.2. The molecule has 1 saturated carbocycles. The largest absolute Gasteiger partial charge is 0.353 e. The lowest BCUT2D eigenvalue weighted by molar-refractivity contribution is 0.130. The van der Waals surface area contributed by atoms with Crippen LogP contribution in [0.25, 0.3) is 0 Å². The van der Waals surface area contributed by atoms with Crippen molar-refractivity contribution in [2.24, 2.45) is 18.4 Å². The molecule has 18 heavy (non-hydrogen) atoms. The number of nitrogens with zero attached hydrogens (tertiary/aromatic N) is 1. The van der Waals surface area contributed by atoms with Gasteiger partial charge >= 0.3 is 0 Å². The lowest BCUT2D eigenvalue weighted by Gasteiger charge is -2.41. The van der Waals surface area contributed by atoms with Gasteiger partial charge in [-0.3, -0.25) is 0 Å². The number of nitrogens with one attached hydrogen (secondary N) is 1. The third-order valence-electron chi connectivity index (χ3n) is 4.48. The second kappa shape index (κ2) is 5.48. The van der Waals surface area contributed by atoms with Crippen LogP contribution in [0.5, 0.6) is 0 Å². The normalized spacial score (nSPS) is 25.3. The van der Waals surface area contributed by atoms with Gasteiger partial charge in [-0.25, -0.2) is 0 Å². The van der Waals surface area contributed by atoms with Gasteiger partial charge in [0.25, 0.3) is 0 Å². The highest BCUT2D eigenvalue weighted by Crippen LogP contribution is 2.38. The number of rotatable bonds is 3. The fourth-order valence-electron chi connectivity index (χ4n) is 3.33. The van der Waals surface area contributed by atoms with Crippen LogP contribution in [0.2, 0.25) is 0 Å². The molecule has 0 aliphatic heterocycles. The lowest BCUT2D eigenvalue weighted by atomic mass is 9.69. The van der Waals surface area contributed by atoms with E-state index < -0.39 is 0 Å². The third kappa shape index (κ3) is 3.17. The summed E-state index contributed by atoms with van der Waals surface area (Å²) in [5, 5.41) is 3.80. The van der Waals surface area contributed by atoms with Crippen molar-refractivity contribution >= 4 is 0 Å². The van der Waals surface area contributed by atoms with E-state index in [9.17, 15) is 0 Å². The molecule has 1 aromatic heterocycles. The monoisotopic (exact) mass is 248 g/mol. The van der Waals surface area contributed by atoms with Crippen molar-refractivity contribution in [2.45, 2.75) is 59.0 Å². The Morgan fingerprint density at radius 1 is 1.28 bits per heavy atom. The zero-order valence-corrected chi connectivity index (χ0v) is 12.4. The van der Waals surface area contributed by atoms with E-state index in [4.69, 9.17) is 0 Å². The topological polar surface area (TPSA) is 17.0 Å². The van der Waals surface area contributed by atoms with E-state index in [1.54, 1.807) is 0 Å². The SMILES string of the molecule is Cn1cccc1CNC1CCCCC1C(C)(C)C. The maximum atomic E-state index is 3.80. The Morgan fingerprint density at radius 2 is 2.00 bits per heavy atom. The highest BCUT2D eigenvalue weighted by atomic mass is 15.0. The summed E-state index contributed by atoms with van der Waals surface area (Å²) in [7, 11) is 2.12. The number of aryl methyl sites for hydroxylation is 1. The van der Waals surface area contributed by atoms with E-state index >= 15 is 0 Å². The van der Waals surface area contributed by atoms with Gasteiger partial charge in [0.1, 0.15) is 0 Å². The summed E-state index contributed by atoms with van der Waals surface area (Å²) < 4.78 is 2.21. The van der Waals surface area contributed by atoms with Crippen molar-refractivity contribution in [1.82, 2.24) is 9.88 Å². The van der Waals surface area contributed by atoms with Crippen LogP contribution in [0.15, 0.2) is 18.3 Å². The Bertz CT molecular complexity index is 373. The molecular weight excluding hydrogens is 220 g/mol. The molecule has 0 aromatic carbocycles. The van der Waals surface area contributed by atoms with E-state index in [0.29, 0.717) is 11.5 Å². The molecule has 1 fully saturated rings. The van der Waals surface area contributed by atoms with Crippen molar-refractivity contribution < 1.29 is 0 Å². The molecule has 1 N–H and O–H groups in total. The fraction of sp³-hybridized carbons (Fsp3) is 0.750. The fourth-order valence-corrected chi connectivity index (χ4v) is 3.33. The standard InChI is InChI=1S/C16H28N2/c1-16(2,3)14-9-5-6-10-15(14)17-12-13-8-7-11-18(13)4/h7-8,11,14-15,17H,5-6,9-10,12H2,1-4H3. The molecule has 102 valence electrons. The molecule has 2 nitrogen and oxygen atoms in total. The summed E-state index contributed by atoms with van der Waals surface area (Å²) >= 11 is 0. The van der Waals surface area contributed by atoms with Crippen LogP contribution >= 0.6 is 0 Å². The quantitative estimate of drug-likeness (QED) is 0.862. The van der Waals surface area contributed by atoms with Crippen LogP contribution in [-0.4, -0.2) is 10.6 Å². The Balaban J connectivity index is 1.96. The van der Waals surface area contributed by atoms with E-state index in [1.165, 1.54) is 31.4 Å². The van der Waals surface area contributed by atoms with Crippen molar-refractivity contribution in [2.75, 3.05) is 0 Å². The van der Waals surface area contributed by atoms with Crippen molar-refractivity contribution in [3.8, 4) is 0 Å². The average Bonchev–Trinajstić information content (AvgIpc) is 2.71. The van der Waals surface area contributed by atoms with Gasteiger partial charge in [-0.05, 0) is 36.3 Å². The smallest absolute Gasteiger partial charge is 0.0361 e. The van der Waals surface area contributed by atoms with Gasteiger partial charge in [-0.15, -0.1) is 0 Å². The van der Waals surface area contributed by atoms with Gasteiger partial charge in [0.2, 0.25) is 0 Å². The van der Waals surface area contributed by atoms with Crippen molar-refractivity contribution in [3.05, 3.63) is 24.0 Å². The molecular formula is C16H28N2. The van der Waals surface area contributed by atoms with Crippen LogP contribution < -0.4 is 5.32 Å². The second-order valence-electron chi connectivity index (χ2n) is 6.85. The zero-order valence-electron chi connectivity index (χ0n) is 12.4. The minimum absolute atomic E-state index is 0.423. The summed E-state index contributed by atoms with van der Waals surface area (Å²) in [6.07, 6.45) is 7.64. The van der Waals surface area contributed by atoms with Crippen LogP contribution in [-0.2, 0) is 13.6 Å². The minimum Gasteiger partial charge on any atom is -0.353 e. The van der Waals surface area contributed by atoms with Crippen molar-refractivity contribution in [1.29, 1.82) is 0 Å². The molecule has 1 aliphatic carbocycles. The minimum atomic E-state index is 0.423. The first-order valence-electron chi connectivity index (χ1n) is 7.32. The van der Waals surface area contributed by atoms with Crippen LogP contribution in [0.4, 0.5) is 0 Å². The highest BCUT2D eigenvalue weighted by Gasteiger charge is 2.33. The Labute approximate surface area is 112 Å². The summed E-state index contributed by atoms with van der Waals surface area (Å²) in [5.74, 6) is 0.812. The van der Waals surface area contributed by atoms with Gasteiger partial charge in [-0.2, -0.15) is 0 Å². The molecule has 2 rings (SSSR count). The molecule has 2 heteroatoms. The van der Waals surface area contributed by atoms with Crippen LogP contribution in [0.1, 0.15) is 52.1 Å². The molecule has 1 aromatic rings. The van der Waals surface area contributed by atoms with Crippen LogP contribution in [0.3, 0.4) is 0 Å². The predicted octanol–water partition coefficient (Wildman–Crippen LogP) is 3.72. The van der Waals surface area contributed by atoms with Gasteiger partial charge in [0.15, 0.2) is 0 Å². The Morgan fingerprint density at radius 3 is 2.61 bits per heavy atom. The Hall–Kier alpha value is -0.760. The predicted molar refractivity (Wildman–Crippen MR) is 77.5 cm³/mol. The lowest BCUT2D eigenvalue weighted by Crippen LogP contribution is -2.44. The highest BCUT2D eigenvalue weighted by molar-refractivity contribution is 5.06. The number of hydrogen-bond donors (Lipinski definition) is 1. The summed E-state index contributed by atoms with van der Waals surface area (Å²) in [6, 6.07) is 5.02. The van der Waals surface area contributed by atoms with Gasteiger partial charge in [0.05, 0.1) is 0 Å². The molecule has 0 saturated heterocycles. The molecule has 1 aliphatic rings. The molecule has 0 radical (unpaired) electrons. The molecule has 2 atom stereocenters. The summed E-state index contributed by atoms with van der Waals surface area (Å²) in [6.45, 7) is 8.17. The maximum absolute atomic E-state index is 3.80. The van der Waals surface area contributed by atoms with Gasteiger partial charge < -0.3 is 9.88 Å². The first kappa shape index (κ1) is 13.7. The first-order valence-corrected chi connectivity index (χ1v) is 7.32. The van der Waals surface area contributed by atoms with Crippen LogP contribution in [0, 0.1) is 11.3 Å². The van der Waals surface area contributed by atoms with Gasteiger partial charge in [-0.1, -0.05) is 33.6 Å².